The number of nitrogens with zero attached hydrogens (tertiary/aromatic N) is 3. The molecule has 0 aliphatic heterocycles. The van der Waals surface area contributed by atoms with E-state index in [1.165, 1.54) is 12.8 Å². The van der Waals surface area contributed by atoms with Crippen molar-refractivity contribution in [1.82, 2.24) is 20.8 Å². The summed E-state index contributed by atoms with van der Waals surface area (Å²) in [6.45, 7) is 7.58. The average Bonchev–Trinajstić information content (AvgIpc) is 3.21. The summed E-state index contributed by atoms with van der Waals surface area (Å²) in [5.41, 5.74) is 0. The number of hydrogen-bond donors (Lipinski definition) is 2. The van der Waals surface area contributed by atoms with Gasteiger partial charge in [0.1, 0.15) is 6.54 Å². The molecule has 0 spiro atoms. The lowest BCUT2D eigenvalue weighted by molar-refractivity contribution is 0.123. The summed E-state index contributed by atoms with van der Waals surface area (Å²) < 4.78 is 10.6. The summed E-state index contributed by atoms with van der Waals surface area (Å²) in [5.74, 6) is 2.74. The van der Waals surface area contributed by atoms with Crippen LogP contribution in [0.2, 0.25) is 0 Å². The lowest BCUT2D eigenvalue weighted by atomic mass is 10.4. The van der Waals surface area contributed by atoms with Crippen LogP contribution in [-0.2, 0) is 11.3 Å². The van der Waals surface area contributed by atoms with Crippen LogP contribution < -0.4 is 10.6 Å². The molecule has 1 saturated carbocycles. The van der Waals surface area contributed by atoms with Crippen molar-refractivity contribution in [2.45, 2.75) is 39.7 Å². The number of nitrogens with one attached hydrogen (secondary N) is 2. The predicted molar refractivity (Wildman–Crippen MR) is 95.4 cm³/mol. The van der Waals surface area contributed by atoms with Crippen molar-refractivity contribution in [3.05, 3.63) is 11.7 Å². The van der Waals surface area contributed by atoms with E-state index in [2.05, 4.69) is 25.8 Å². The van der Waals surface area contributed by atoms with Crippen molar-refractivity contribution >= 4 is 29.9 Å². The maximum atomic E-state index is 5.60. The fraction of sp³-hybridized carbons (Fsp3) is 0.786. The van der Waals surface area contributed by atoms with E-state index in [-0.39, 0.29) is 24.0 Å². The fourth-order valence-electron chi connectivity index (χ4n) is 1.81. The molecule has 0 atom stereocenters. The maximum Gasteiger partial charge on any atom is 0.248 e. The molecule has 7 nitrogen and oxygen atoms in total. The van der Waals surface area contributed by atoms with Crippen LogP contribution in [0, 0.1) is 12.8 Å². The third kappa shape index (κ3) is 7.92. The summed E-state index contributed by atoms with van der Waals surface area (Å²) in [4.78, 5) is 8.54. The summed E-state index contributed by atoms with van der Waals surface area (Å²) >= 11 is 0. The first-order chi connectivity index (χ1) is 10.3. The Labute approximate surface area is 148 Å². The first-order valence-electron chi connectivity index (χ1n) is 7.67. The summed E-state index contributed by atoms with van der Waals surface area (Å²) in [6.07, 6.45) is 3.64. The lowest BCUT2D eigenvalue weighted by Gasteiger charge is -2.10. The number of hydrogen-bond acceptors (Lipinski definition) is 5. The molecule has 0 bridgehead atoms. The molecule has 0 amide bonds. The van der Waals surface area contributed by atoms with Crippen LogP contribution in [0.4, 0.5) is 0 Å². The van der Waals surface area contributed by atoms with E-state index in [1.54, 1.807) is 6.92 Å². The Balaban J connectivity index is 0.00000242. The molecular weight excluding hydrogens is 397 g/mol. The van der Waals surface area contributed by atoms with Gasteiger partial charge in [0.15, 0.2) is 11.8 Å². The van der Waals surface area contributed by atoms with E-state index in [0.29, 0.717) is 18.3 Å². The second-order valence-electron chi connectivity index (χ2n) is 5.23. The van der Waals surface area contributed by atoms with Crippen LogP contribution >= 0.6 is 24.0 Å². The van der Waals surface area contributed by atoms with Crippen molar-refractivity contribution < 1.29 is 9.26 Å². The molecule has 1 aromatic rings. The van der Waals surface area contributed by atoms with Gasteiger partial charge in [0, 0.05) is 26.3 Å². The van der Waals surface area contributed by atoms with E-state index in [4.69, 9.17) is 9.26 Å². The van der Waals surface area contributed by atoms with E-state index in [9.17, 15) is 0 Å². The molecule has 1 fully saturated rings. The Morgan fingerprint density at radius 2 is 2.23 bits per heavy atom. The van der Waals surface area contributed by atoms with Crippen LogP contribution in [0.15, 0.2) is 9.52 Å². The first-order valence-corrected chi connectivity index (χ1v) is 7.67. The minimum absolute atomic E-state index is 0. The zero-order chi connectivity index (χ0) is 14.9. The standard InChI is InChI=1S/C14H25N5O2.HI/c1-3-15-14(17-9-13-18-11(2)19-21-13)16-7-4-8-20-10-12-5-6-12;/h12H,3-10H2,1-2H3,(H2,15,16,17);1H. The minimum atomic E-state index is 0. The molecule has 0 saturated heterocycles. The smallest absolute Gasteiger partial charge is 0.248 e. The Bertz CT molecular complexity index is 448. The van der Waals surface area contributed by atoms with Gasteiger partial charge in [0.25, 0.3) is 0 Å². The molecule has 1 heterocycles. The van der Waals surface area contributed by atoms with Crippen molar-refractivity contribution in [2.24, 2.45) is 10.9 Å². The largest absolute Gasteiger partial charge is 0.381 e. The highest BCUT2D eigenvalue weighted by Crippen LogP contribution is 2.28. The van der Waals surface area contributed by atoms with Gasteiger partial charge in [-0.15, -0.1) is 24.0 Å². The number of halogens is 1. The first kappa shape index (κ1) is 19.1. The van der Waals surface area contributed by atoms with Crippen molar-refractivity contribution in [1.29, 1.82) is 0 Å². The third-order valence-electron chi connectivity index (χ3n) is 3.09. The molecule has 0 unspecified atom stereocenters. The minimum Gasteiger partial charge on any atom is -0.381 e. The topological polar surface area (TPSA) is 84.6 Å². The third-order valence-corrected chi connectivity index (χ3v) is 3.09. The van der Waals surface area contributed by atoms with Crippen molar-refractivity contribution in [2.75, 3.05) is 26.3 Å². The summed E-state index contributed by atoms with van der Waals surface area (Å²) in [6, 6.07) is 0. The molecule has 8 heteroatoms. The Hall–Kier alpha value is -0.900. The molecule has 1 aliphatic rings. The van der Waals surface area contributed by atoms with Gasteiger partial charge < -0.3 is 19.9 Å². The quantitative estimate of drug-likeness (QED) is 0.273. The number of ether oxygens (including phenoxy) is 1. The number of aliphatic imine (C=N–C) groups is 1. The zero-order valence-corrected chi connectivity index (χ0v) is 15.6. The molecule has 22 heavy (non-hydrogen) atoms. The molecule has 1 aliphatic carbocycles. The van der Waals surface area contributed by atoms with E-state index in [0.717, 1.165) is 44.6 Å². The highest BCUT2D eigenvalue weighted by atomic mass is 127. The maximum absolute atomic E-state index is 5.60. The lowest BCUT2D eigenvalue weighted by Crippen LogP contribution is -2.38. The number of rotatable bonds is 9. The van der Waals surface area contributed by atoms with Gasteiger partial charge in [-0.3, -0.25) is 0 Å². The van der Waals surface area contributed by atoms with Gasteiger partial charge in [-0.05, 0) is 39.0 Å². The van der Waals surface area contributed by atoms with Crippen LogP contribution in [0.3, 0.4) is 0 Å². The van der Waals surface area contributed by atoms with Gasteiger partial charge >= 0.3 is 0 Å². The fourth-order valence-corrected chi connectivity index (χ4v) is 1.81. The Kier molecular flexibility index (Phi) is 9.37. The average molecular weight is 423 g/mol. The van der Waals surface area contributed by atoms with Gasteiger partial charge in [0.2, 0.25) is 5.89 Å². The molecule has 1 aromatic heterocycles. The molecule has 0 radical (unpaired) electrons. The van der Waals surface area contributed by atoms with Crippen LogP contribution in [0.1, 0.15) is 37.9 Å². The van der Waals surface area contributed by atoms with E-state index in [1.807, 2.05) is 6.92 Å². The van der Waals surface area contributed by atoms with Gasteiger partial charge in [-0.25, -0.2) is 4.99 Å². The summed E-state index contributed by atoms with van der Waals surface area (Å²) in [5, 5.41) is 10.2. The predicted octanol–water partition coefficient (Wildman–Crippen LogP) is 1.87. The number of guanidine groups is 1. The Morgan fingerprint density at radius 3 is 2.86 bits per heavy atom. The molecular formula is C14H26IN5O2. The van der Waals surface area contributed by atoms with Crippen LogP contribution in [0.25, 0.3) is 0 Å². The molecule has 0 aromatic carbocycles. The highest BCUT2D eigenvalue weighted by Gasteiger charge is 2.20. The molecule has 126 valence electrons. The van der Waals surface area contributed by atoms with Gasteiger partial charge in [-0.2, -0.15) is 4.98 Å². The number of aryl methyl sites for hydroxylation is 1. The molecule has 2 N–H and O–H groups in total. The summed E-state index contributed by atoms with van der Waals surface area (Å²) in [7, 11) is 0. The highest BCUT2D eigenvalue weighted by molar-refractivity contribution is 14.0. The van der Waals surface area contributed by atoms with Gasteiger partial charge in [-0.1, -0.05) is 5.16 Å². The van der Waals surface area contributed by atoms with Gasteiger partial charge in [0.05, 0.1) is 0 Å². The normalized spacial score (nSPS) is 14.5. The monoisotopic (exact) mass is 423 g/mol. The zero-order valence-electron chi connectivity index (χ0n) is 13.3. The van der Waals surface area contributed by atoms with Crippen molar-refractivity contribution in [3.8, 4) is 0 Å². The van der Waals surface area contributed by atoms with E-state index < -0.39 is 0 Å². The van der Waals surface area contributed by atoms with Crippen LogP contribution in [-0.4, -0.2) is 42.4 Å². The van der Waals surface area contributed by atoms with Crippen LogP contribution in [0.5, 0.6) is 0 Å². The number of aromatic nitrogens is 2. The SMILES string of the molecule is CCNC(=NCc1nc(C)no1)NCCCOCC1CC1.I. The van der Waals surface area contributed by atoms with E-state index >= 15 is 0 Å². The van der Waals surface area contributed by atoms with Crippen molar-refractivity contribution in [3.63, 3.8) is 0 Å². The molecule has 2 rings (SSSR count). The second kappa shape index (κ2) is 10.8. The Morgan fingerprint density at radius 1 is 1.41 bits per heavy atom. The second-order valence-corrected chi connectivity index (χ2v) is 5.23.